The van der Waals surface area contributed by atoms with Crippen LogP contribution in [-0.2, 0) is 23.1 Å². The van der Waals surface area contributed by atoms with Gasteiger partial charge in [0.1, 0.15) is 11.6 Å². The molecular formula is C20H33N5O2. The molecule has 2 aliphatic heterocycles. The molecule has 3 fully saturated rings. The highest BCUT2D eigenvalue weighted by atomic mass is 16.5. The average molecular weight is 376 g/mol. The third-order valence-corrected chi connectivity index (χ3v) is 6.82. The maximum Gasteiger partial charge on any atom is 0.231 e. The first-order chi connectivity index (χ1) is 13.1. The summed E-state index contributed by atoms with van der Waals surface area (Å²) >= 11 is 0. The molecule has 1 saturated carbocycles. The number of ether oxygens (including phenoxy) is 1. The number of hydrogen-bond donors (Lipinski definition) is 0. The van der Waals surface area contributed by atoms with Gasteiger partial charge in [-0.2, -0.15) is 0 Å². The Bertz CT molecular complexity index is 663. The molecule has 2 saturated heterocycles. The average Bonchev–Trinajstić information content (AvgIpc) is 3.29. The number of methoxy groups -OCH3 is 1. The minimum Gasteiger partial charge on any atom is -0.384 e. The zero-order valence-corrected chi connectivity index (χ0v) is 16.8. The number of likely N-dealkylation sites (tertiary alicyclic amines) is 2. The monoisotopic (exact) mass is 375 g/mol. The minimum absolute atomic E-state index is 0.266. The van der Waals surface area contributed by atoms with Crippen molar-refractivity contribution in [2.75, 3.05) is 39.9 Å². The molecule has 0 spiro atoms. The lowest BCUT2D eigenvalue weighted by molar-refractivity contribution is -0.153. The summed E-state index contributed by atoms with van der Waals surface area (Å²) in [5.74, 6) is 2.66. The summed E-state index contributed by atoms with van der Waals surface area (Å²) in [4.78, 5) is 17.7. The van der Waals surface area contributed by atoms with Crippen molar-refractivity contribution in [2.45, 2.75) is 57.4 Å². The van der Waals surface area contributed by atoms with Gasteiger partial charge in [0.05, 0.1) is 18.6 Å². The summed E-state index contributed by atoms with van der Waals surface area (Å²) in [6.45, 7) is 5.39. The van der Waals surface area contributed by atoms with Crippen LogP contribution in [-0.4, -0.2) is 70.4 Å². The SMILES string of the molecule is COCC1(C(=O)N2CCC[C@H](c3nnc(CN4CCCC4)n3C)C2)CCC1. The van der Waals surface area contributed by atoms with E-state index in [4.69, 9.17) is 4.74 Å². The lowest BCUT2D eigenvalue weighted by Crippen LogP contribution is -2.52. The second kappa shape index (κ2) is 7.87. The predicted octanol–water partition coefficient (Wildman–Crippen LogP) is 1.93. The molecule has 0 bridgehead atoms. The van der Waals surface area contributed by atoms with Crippen molar-refractivity contribution in [1.29, 1.82) is 0 Å². The normalized spacial score (nSPS) is 25.6. The van der Waals surface area contributed by atoms with Gasteiger partial charge in [-0.15, -0.1) is 10.2 Å². The molecule has 1 atom stereocenters. The van der Waals surface area contributed by atoms with Crippen LogP contribution in [0.15, 0.2) is 0 Å². The molecule has 3 heterocycles. The molecule has 0 aromatic carbocycles. The number of hydrogen-bond acceptors (Lipinski definition) is 5. The molecule has 1 aromatic heterocycles. The zero-order chi connectivity index (χ0) is 18.9. The fourth-order valence-corrected chi connectivity index (χ4v) is 5.02. The fourth-order valence-electron chi connectivity index (χ4n) is 5.02. The first kappa shape index (κ1) is 18.9. The number of nitrogens with zero attached hydrogens (tertiary/aromatic N) is 5. The molecule has 4 rings (SSSR count). The van der Waals surface area contributed by atoms with E-state index < -0.39 is 0 Å². The lowest BCUT2D eigenvalue weighted by atomic mass is 9.68. The molecule has 150 valence electrons. The summed E-state index contributed by atoms with van der Waals surface area (Å²) in [6, 6.07) is 0. The Balaban J connectivity index is 1.44. The van der Waals surface area contributed by atoms with Gasteiger partial charge in [0.15, 0.2) is 0 Å². The van der Waals surface area contributed by atoms with Crippen LogP contribution in [0.25, 0.3) is 0 Å². The summed E-state index contributed by atoms with van der Waals surface area (Å²) in [5.41, 5.74) is -0.266. The number of carbonyl (C=O) groups excluding carboxylic acids is 1. The van der Waals surface area contributed by atoms with Gasteiger partial charge in [-0.05, 0) is 51.6 Å². The van der Waals surface area contributed by atoms with Crippen LogP contribution in [0.1, 0.15) is 62.5 Å². The topological polar surface area (TPSA) is 63.5 Å². The number of aromatic nitrogens is 3. The number of rotatable bonds is 6. The van der Waals surface area contributed by atoms with Crippen LogP contribution >= 0.6 is 0 Å². The highest BCUT2D eigenvalue weighted by molar-refractivity contribution is 5.84. The molecule has 0 radical (unpaired) electrons. The number of carbonyl (C=O) groups is 1. The van der Waals surface area contributed by atoms with Crippen molar-refractivity contribution in [1.82, 2.24) is 24.6 Å². The van der Waals surface area contributed by atoms with Crippen LogP contribution in [0.4, 0.5) is 0 Å². The predicted molar refractivity (Wildman–Crippen MR) is 102 cm³/mol. The van der Waals surface area contributed by atoms with Crippen molar-refractivity contribution < 1.29 is 9.53 Å². The maximum absolute atomic E-state index is 13.2. The van der Waals surface area contributed by atoms with Gasteiger partial charge in [-0.25, -0.2) is 0 Å². The van der Waals surface area contributed by atoms with E-state index in [-0.39, 0.29) is 11.3 Å². The van der Waals surface area contributed by atoms with Gasteiger partial charge in [0, 0.05) is 33.2 Å². The van der Waals surface area contributed by atoms with Crippen LogP contribution in [0.2, 0.25) is 0 Å². The Morgan fingerprint density at radius 1 is 1.15 bits per heavy atom. The van der Waals surface area contributed by atoms with E-state index in [0.717, 1.165) is 76.5 Å². The molecule has 3 aliphatic rings. The lowest BCUT2D eigenvalue weighted by Gasteiger charge is -2.45. The number of amides is 1. The van der Waals surface area contributed by atoms with E-state index in [1.54, 1.807) is 7.11 Å². The van der Waals surface area contributed by atoms with Crippen LogP contribution in [0, 0.1) is 5.41 Å². The van der Waals surface area contributed by atoms with E-state index in [1.807, 2.05) is 0 Å². The van der Waals surface area contributed by atoms with E-state index in [9.17, 15) is 4.79 Å². The Morgan fingerprint density at radius 2 is 1.93 bits per heavy atom. The van der Waals surface area contributed by atoms with Gasteiger partial charge >= 0.3 is 0 Å². The first-order valence-corrected chi connectivity index (χ1v) is 10.5. The molecule has 27 heavy (non-hydrogen) atoms. The summed E-state index contributed by atoms with van der Waals surface area (Å²) in [7, 11) is 3.79. The zero-order valence-electron chi connectivity index (χ0n) is 16.8. The Kier molecular flexibility index (Phi) is 5.50. The Hall–Kier alpha value is -1.47. The second-order valence-corrected chi connectivity index (χ2v) is 8.67. The summed E-state index contributed by atoms with van der Waals surface area (Å²) < 4.78 is 7.55. The van der Waals surface area contributed by atoms with E-state index in [0.29, 0.717) is 12.5 Å². The molecule has 0 unspecified atom stereocenters. The second-order valence-electron chi connectivity index (χ2n) is 8.67. The van der Waals surface area contributed by atoms with E-state index >= 15 is 0 Å². The van der Waals surface area contributed by atoms with Crippen molar-refractivity contribution >= 4 is 5.91 Å². The van der Waals surface area contributed by atoms with Gasteiger partial charge in [-0.1, -0.05) is 6.42 Å². The Labute approximate surface area is 162 Å². The van der Waals surface area contributed by atoms with Gasteiger partial charge < -0.3 is 14.2 Å². The molecule has 1 amide bonds. The molecule has 7 nitrogen and oxygen atoms in total. The summed E-state index contributed by atoms with van der Waals surface area (Å²) in [5, 5.41) is 9.01. The van der Waals surface area contributed by atoms with Crippen molar-refractivity contribution in [3.63, 3.8) is 0 Å². The summed E-state index contributed by atoms with van der Waals surface area (Å²) in [6.07, 6.45) is 7.75. The van der Waals surface area contributed by atoms with Crippen molar-refractivity contribution in [3.05, 3.63) is 11.6 Å². The van der Waals surface area contributed by atoms with Crippen LogP contribution in [0.5, 0.6) is 0 Å². The molecule has 0 N–H and O–H groups in total. The van der Waals surface area contributed by atoms with Crippen LogP contribution < -0.4 is 0 Å². The van der Waals surface area contributed by atoms with Crippen molar-refractivity contribution in [2.24, 2.45) is 12.5 Å². The largest absolute Gasteiger partial charge is 0.384 e. The molecule has 1 aliphatic carbocycles. The van der Waals surface area contributed by atoms with E-state index in [1.165, 1.54) is 12.8 Å². The van der Waals surface area contributed by atoms with Gasteiger partial charge in [0.25, 0.3) is 0 Å². The third kappa shape index (κ3) is 3.63. The quantitative estimate of drug-likeness (QED) is 0.760. The van der Waals surface area contributed by atoms with Gasteiger partial charge in [0.2, 0.25) is 5.91 Å². The van der Waals surface area contributed by atoms with Crippen LogP contribution in [0.3, 0.4) is 0 Å². The minimum atomic E-state index is -0.266. The maximum atomic E-state index is 13.2. The van der Waals surface area contributed by atoms with E-state index in [2.05, 4.69) is 31.6 Å². The Morgan fingerprint density at radius 3 is 2.59 bits per heavy atom. The first-order valence-electron chi connectivity index (χ1n) is 10.5. The highest BCUT2D eigenvalue weighted by Crippen LogP contribution is 2.43. The van der Waals surface area contributed by atoms with Gasteiger partial charge in [-0.3, -0.25) is 9.69 Å². The number of piperidine rings is 1. The standard InChI is InChI=1S/C20H33N5O2/c1-23-17(14-24-10-3-4-11-24)21-22-18(23)16-7-5-12-25(13-16)19(26)20(15-27-2)8-6-9-20/h16H,3-15H2,1-2H3/t16-/m0/s1. The third-order valence-electron chi connectivity index (χ3n) is 6.82. The fraction of sp³-hybridized carbons (Fsp3) is 0.850. The molecular weight excluding hydrogens is 342 g/mol. The molecule has 7 heteroatoms. The van der Waals surface area contributed by atoms with Crippen molar-refractivity contribution in [3.8, 4) is 0 Å². The molecule has 1 aromatic rings. The highest BCUT2D eigenvalue weighted by Gasteiger charge is 2.47. The smallest absolute Gasteiger partial charge is 0.231 e.